The van der Waals surface area contributed by atoms with Crippen molar-refractivity contribution in [3.8, 4) is 0 Å². The number of nitrogens with zero attached hydrogens (tertiary/aromatic N) is 3. The van der Waals surface area contributed by atoms with Crippen LogP contribution in [0.25, 0.3) is 0 Å². The van der Waals surface area contributed by atoms with E-state index in [2.05, 4.69) is 10.6 Å². The summed E-state index contributed by atoms with van der Waals surface area (Å²) in [4.78, 5) is 56.2. The highest BCUT2D eigenvalue weighted by Gasteiger charge is 2.57. The second kappa shape index (κ2) is 8.96. The van der Waals surface area contributed by atoms with Crippen molar-refractivity contribution in [2.45, 2.75) is 62.3 Å². The molecule has 1 aromatic carbocycles. The number of hydrogen-bond donors (Lipinski definition) is 3. The van der Waals surface area contributed by atoms with Crippen molar-refractivity contribution >= 4 is 29.4 Å². The molecule has 12 nitrogen and oxygen atoms in total. The fourth-order valence-electron chi connectivity index (χ4n) is 6.45. The number of benzene rings is 1. The number of morpholine rings is 1. The van der Waals surface area contributed by atoms with E-state index in [1.165, 1.54) is 7.05 Å². The van der Waals surface area contributed by atoms with E-state index in [-0.39, 0.29) is 36.5 Å². The van der Waals surface area contributed by atoms with E-state index in [0.29, 0.717) is 56.6 Å². The number of aryl methyl sites for hydroxylation is 1. The molecule has 6 rings (SSSR count). The summed E-state index contributed by atoms with van der Waals surface area (Å²) < 4.78 is 11.4. The number of aliphatic hydroxyl groups is 1. The van der Waals surface area contributed by atoms with Crippen molar-refractivity contribution in [3.63, 3.8) is 0 Å². The lowest BCUT2D eigenvalue weighted by Crippen LogP contribution is -2.53. The normalized spacial score (nSPS) is 31.9. The Labute approximate surface area is 213 Å². The van der Waals surface area contributed by atoms with Crippen LogP contribution >= 0.6 is 0 Å². The zero-order chi connectivity index (χ0) is 25.9. The number of hydrogen-bond acceptors (Lipinski definition) is 7. The third-order valence-corrected chi connectivity index (χ3v) is 8.30. The van der Waals surface area contributed by atoms with Gasteiger partial charge in [-0.3, -0.25) is 19.3 Å². The molecule has 5 atom stereocenters. The van der Waals surface area contributed by atoms with Gasteiger partial charge in [-0.2, -0.15) is 0 Å². The van der Waals surface area contributed by atoms with E-state index in [9.17, 15) is 24.3 Å². The minimum Gasteiger partial charge on any atom is -0.374 e. The average molecular weight is 514 g/mol. The Kier molecular flexibility index (Phi) is 5.85. The van der Waals surface area contributed by atoms with E-state index < -0.39 is 24.0 Å². The van der Waals surface area contributed by atoms with Crippen LogP contribution < -0.4 is 10.6 Å². The number of anilines is 1. The molecule has 4 fully saturated rings. The topological polar surface area (TPSA) is 141 Å². The zero-order valence-corrected chi connectivity index (χ0v) is 20.6. The number of urea groups is 1. The lowest BCUT2D eigenvalue weighted by Gasteiger charge is -2.33. The number of amides is 5. The summed E-state index contributed by atoms with van der Waals surface area (Å²) in [7, 11) is 1.52. The number of carbonyl (C=O) groups excluding carboxylic acids is 4. The highest BCUT2D eigenvalue weighted by molar-refractivity contribution is 5.95. The number of fused-ring (bicyclic) bond motifs is 4. The summed E-state index contributed by atoms with van der Waals surface area (Å²) in [5.74, 6) is -0.920. The van der Waals surface area contributed by atoms with E-state index in [0.717, 1.165) is 16.9 Å². The molecule has 5 amide bonds. The molecule has 0 saturated carbocycles. The van der Waals surface area contributed by atoms with Crippen molar-refractivity contribution in [1.29, 1.82) is 0 Å². The molecule has 1 spiro atoms. The second-order valence-corrected chi connectivity index (χ2v) is 10.4. The molecule has 37 heavy (non-hydrogen) atoms. The third-order valence-electron chi connectivity index (χ3n) is 8.30. The molecule has 1 aromatic rings. The van der Waals surface area contributed by atoms with E-state index in [4.69, 9.17) is 9.47 Å². The van der Waals surface area contributed by atoms with Gasteiger partial charge in [-0.1, -0.05) is 6.07 Å². The van der Waals surface area contributed by atoms with Gasteiger partial charge in [-0.05, 0) is 55.4 Å². The number of rotatable bonds is 4. The first-order valence-corrected chi connectivity index (χ1v) is 12.8. The summed E-state index contributed by atoms with van der Waals surface area (Å²) in [5, 5.41) is 15.9. The highest BCUT2D eigenvalue weighted by Crippen LogP contribution is 2.47. The van der Waals surface area contributed by atoms with Gasteiger partial charge >= 0.3 is 6.03 Å². The Morgan fingerprint density at radius 1 is 1.24 bits per heavy atom. The first-order valence-electron chi connectivity index (χ1n) is 12.8. The van der Waals surface area contributed by atoms with Crippen molar-refractivity contribution in [2.75, 3.05) is 38.6 Å². The largest absolute Gasteiger partial charge is 0.374 e. The van der Waals surface area contributed by atoms with Crippen molar-refractivity contribution in [3.05, 3.63) is 29.3 Å². The van der Waals surface area contributed by atoms with Crippen molar-refractivity contribution < 1.29 is 33.8 Å². The van der Waals surface area contributed by atoms with Gasteiger partial charge in [0.05, 0.1) is 18.8 Å². The molecule has 4 heterocycles. The first kappa shape index (κ1) is 24.1. The SMILES string of the molecule is CNC(=O)Nc1ccc2c(c1)CC[C@@]21OC(O)N(CC(=O)N2CCC[C@H]2C(=O)N2CC3CC2CO3)C1=O. The fraction of sp³-hybridized carbons (Fsp3) is 0.600. The van der Waals surface area contributed by atoms with Crippen molar-refractivity contribution in [1.82, 2.24) is 20.0 Å². The van der Waals surface area contributed by atoms with Gasteiger partial charge in [0, 0.05) is 25.8 Å². The molecule has 5 aliphatic rings. The van der Waals surface area contributed by atoms with Crippen LogP contribution in [0.15, 0.2) is 18.2 Å². The van der Waals surface area contributed by atoms with Gasteiger partial charge in [-0.15, -0.1) is 0 Å². The quantitative estimate of drug-likeness (QED) is 0.502. The minimum absolute atomic E-state index is 0.0615. The standard InChI is InChI=1S/C25H31N5O7/c1-26-23(34)27-15-4-5-18-14(9-15)6-7-25(18)22(33)30(24(35)37-25)12-20(31)28-8-2-3-19(28)21(32)29-11-17-10-16(29)13-36-17/h4-5,9,16-17,19,24,35H,2-3,6-8,10-13H2,1H3,(H2,26,27,34)/t16?,17?,19-,24?,25+/m0/s1. The van der Waals surface area contributed by atoms with Gasteiger partial charge in [0.15, 0.2) is 5.60 Å². The Hall–Kier alpha value is -3.22. The molecule has 4 aliphatic heterocycles. The van der Waals surface area contributed by atoms with Crippen LogP contribution in [-0.4, -0.2) is 101 Å². The second-order valence-electron chi connectivity index (χ2n) is 10.4. The van der Waals surface area contributed by atoms with Crippen LogP contribution in [0, 0.1) is 0 Å². The minimum atomic E-state index is -1.57. The van der Waals surface area contributed by atoms with Gasteiger partial charge in [-0.25, -0.2) is 4.79 Å². The van der Waals surface area contributed by atoms with Crippen LogP contribution in [0.3, 0.4) is 0 Å². The Morgan fingerprint density at radius 3 is 2.81 bits per heavy atom. The summed E-state index contributed by atoms with van der Waals surface area (Å²) in [6.07, 6.45) is 1.46. The zero-order valence-electron chi connectivity index (χ0n) is 20.6. The molecule has 3 N–H and O–H groups in total. The smallest absolute Gasteiger partial charge is 0.318 e. The number of likely N-dealkylation sites (tertiary alicyclic amines) is 2. The number of ether oxygens (including phenoxy) is 2. The summed E-state index contributed by atoms with van der Waals surface area (Å²) in [6, 6.07) is 4.33. The van der Waals surface area contributed by atoms with E-state index >= 15 is 0 Å². The number of carbonyl (C=O) groups is 4. The lowest BCUT2D eigenvalue weighted by atomic mass is 9.94. The van der Waals surface area contributed by atoms with E-state index in [1.54, 1.807) is 23.1 Å². The van der Waals surface area contributed by atoms with Gasteiger partial charge in [0.1, 0.15) is 12.6 Å². The van der Waals surface area contributed by atoms with Gasteiger partial charge in [0.2, 0.25) is 18.2 Å². The van der Waals surface area contributed by atoms with Crippen molar-refractivity contribution in [2.24, 2.45) is 0 Å². The molecule has 1 aliphatic carbocycles. The monoisotopic (exact) mass is 513 g/mol. The molecular weight excluding hydrogens is 482 g/mol. The van der Waals surface area contributed by atoms with Crippen LogP contribution in [-0.2, 0) is 35.9 Å². The Bertz CT molecular complexity index is 1160. The number of nitrogens with one attached hydrogen (secondary N) is 2. The maximum atomic E-state index is 13.6. The molecule has 198 valence electrons. The van der Waals surface area contributed by atoms with Crippen LogP contribution in [0.1, 0.15) is 36.8 Å². The van der Waals surface area contributed by atoms with Crippen LogP contribution in [0.2, 0.25) is 0 Å². The molecule has 2 bridgehead atoms. The third kappa shape index (κ3) is 3.85. The molecule has 12 heteroatoms. The Balaban J connectivity index is 1.16. The molecular formula is C25H31N5O7. The predicted molar refractivity (Wildman–Crippen MR) is 128 cm³/mol. The lowest BCUT2D eigenvalue weighted by molar-refractivity contribution is -0.181. The van der Waals surface area contributed by atoms with Gasteiger partial charge < -0.3 is 35.0 Å². The highest BCUT2D eigenvalue weighted by atomic mass is 16.7. The fourth-order valence-corrected chi connectivity index (χ4v) is 6.45. The molecule has 0 radical (unpaired) electrons. The summed E-state index contributed by atoms with van der Waals surface area (Å²) in [6.45, 7) is 1.16. The Morgan fingerprint density at radius 2 is 2.08 bits per heavy atom. The summed E-state index contributed by atoms with van der Waals surface area (Å²) in [5.41, 5.74) is 0.650. The predicted octanol–water partition coefficient (Wildman–Crippen LogP) is -0.295. The maximum Gasteiger partial charge on any atom is 0.318 e. The number of aliphatic hydroxyl groups excluding tert-OH is 1. The van der Waals surface area contributed by atoms with E-state index in [1.807, 2.05) is 4.90 Å². The van der Waals surface area contributed by atoms with Crippen LogP contribution in [0.5, 0.6) is 0 Å². The van der Waals surface area contributed by atoms with Crippen LogP contribution in [0.4, 0.5) is 10.5 Å². The average Bonchev–Trinajstić information content (AvgIpc) is 3.71. The molecule has 4 saturated heterocycles. The molecule has 0 aromatic heterocycles. The molecule has 3 unspecified atom stereocenters. The summed E-state index contributed by atoms with van der Waals surface area (Å²) >= 11 is 0. The first-order chi connectivity index (χ1) is 17.8. The maximum absolute atomic E-state index is 13.6. The van der Waals surface area contributed by atoms with Gasteiger partial charge in [0.25, 0.3) is 5.91 Å².